The van der Waals surface area contributed by atoms with Crippen LogP contribution in [0.5, 0.6) is 0 Å². The first kappa shape index (κ1) is 12.8. The minimum Gasteiger partial charge on any atom is -0.313 e. The Bertz CT molecular complexity index is 848. The number of nitrogens with zero attached hydrogens (tertiary/aromatic N) is 2. The number of hydrogen-bond acceptors (Lipinski definition) is 2. The van der Waals surface area contributed by atoms with Crippen molar-refractivity contribution in [3.05, 3.63) is 95.6 Å². The van der Waals surface area contributed by atoms with Gasteiger partial charge in [-0.3, -0.25) is 4.79 Å². The maximum atomic E-state index is 12.8. The topological polar surface area (TPSA) is 34.9 Å². The maximum Gasteiger partial charge on any atom is 0.191 e. The number of benzene rings is 2. The molecule has 22 heavy (non-hydrogen) atoms. The third-order valence-corrected chi connectivity index (χ3v) is 4.04. The quantitative estimate of drug-likeness (QED) is 0.672. The predicted molar refractivity (Wildman–Crippen MR) is 85.6 cm³/mol. The summed E-state index contributed by atoms with van der Waals surface area (Å²) in [6.07, 6.45) is 7.13. The molecular weight excluding hydrogens is 272 g/mol. The van der Waals surface area contributed by atoms with Gasteiger partial charge < -0.3 is 4.57 Å². The van der Waals surface area contributed by atoms with Crippen LogP contribution in [0, 0.1) is 0 Å². The van der Waals surface area contributed by atoms with Crippen LogP contribution in [-0.2, 0) is 0 Å². The Morgan fingerprint density at radius 2 is 1.77 bits per heavy atom. The lowest BCUT2D eigenvalue weighted by atomic mass is 9.90. The molecule has 3 heteroatoms. The molecule has 0 saturated carbocycles. The molecule has 1 unspecified atom stereocenters. The number of fused-ring (bicyclic) bond motifs is 1. The van der Waals surface area contributed by atoms with Crippen molar-refractivity contribution in [2.75, 3.05) is 0 Å². The molecule has 0 bridgehead atoms. The number of imidazole rings is 1. The summed E-state index contributed by atoms with van der Waals surface area (Å²) in [5.41, 5.74) is 3.78. The van der Waals surface area contributed by atoms with Crippen molar-refractivity contribution in [3.63, 3.8) is 0 Å². The zero-order valence-electron chi connectivity index (χ0n) is 11.9. The number of hydrogen-bond donors (Lipinski definition) is 0. The van der Waals surface area contributed by atoms with Gasteiger partial charge in [0.15, 0.2) is 5.78 Å². The molecule has 0 N–H and O–H groups in total. The number of allylic oxidation sites excluding steroid dienone is 1. The fourth-order valence-corrected chi connectivity index (χ4v) is 3.05. The van der Waals surface area contributed by atoms with Crippen LogP contribution in [0.4, 0.5) is 0 Å². The van der Waals surface area contributed by atoms with Crippen molar-refractivity contribution in [2.24, 2.45) is 0 Å². The molecule has 3 aromatic rings. The van der Waals surface area contributed by atoms with Crippen LogP contribution in [0.1, 0.15) is 27.4 Å². The fourth-order valence-electron chi connectivity index (χ4n) is 3.05. The lowest BCUT2D eigenvalue weighted by Crippen LogP contribution is -2.03. The summed E-state index contributed by atoms with van der Waals surface area (Å²) in [4.78, 5) is 16.8. The van der Waals surface area contributed by atoms with E-state index in [1.54, 1.807) is 12.5 Å². The third kappa shape index (κ3) is 1.99. The van der Waals surface area contributed by atoms with Crippen molar-refractivity contribution in [1.82, 2.24) is 9.55 Å². The summed E-state index contributed by atoms with van der Waals surface area (Å²) < 4.78 is 1.83. The summed E-state index contributed by atoms with van der Waals surface area (Å²) >= 11 is 0. The maximum absolute atomic E-state index is 12.8. The third-order valence-electron chi connectivity index (χ3n) is 4.04. The van der Waals surface area contributed by atoms with E-state index < -0.39 is 0 Å². The van der Waals surface area contributed by atoms with E-state index in [0.29, 0.717) is 0 Å². The Kier molecular flexibility index (Phi) is 2.97. The summed E-state index contributed by atoms with van der Waals surface area (Å²) in [5, 5.41) is 0. The molecule has 0 saturated heterocycles. The van der Waals surface area contributed by atoms with E-state index in [1.165, 1.54) is 0 Å². The normalized spacial score (nSPS) is 18.6. The lowest BCUT2D eigenvalue weighted by Gasteiger charge is -2.13. The molecule has 0 amide bonds. The monoisotopic (exact) mass is 286 g/mol. The highest BCUT2D eigenvalue weighted by molar-refractivity contribution is 6.16. The molecule has 1 heterocycles. The van der Waals surface area contributed by atoms with Gasteiger partial charge in [0, 0.05) is 35.6 Å². The van der Waals surface area contributed by atoms with Crippen molar-refractivity contribution in [2.45, 2.75) is 5.92 Å². The Hall–Kier alpha value is -2.94. The zero-order chi connectivity index (χ0) is 14.9. The average Bonchev–Trinajstić information content (AvgIpc) is 3.17. The lowest BCUT2D eigenvalue weighted by molar-refractivity contribution is 0.103. The zero-order valence-corrected chi connectivity index (χ0v) is 11.9. The van der Waals surface area contributed by atoms with E-state index in [0.717, 1.165) is 22.3 Å². The standard InChI is InChI=1S/C19H14N2O/c22-19-16-9-5-4-8-15(16)18(14-6-2-1-3-7-14)17(19)12-21-11-10-20-13-21/h1-13,18H/b17-12+. The summed E-state index contributed by atoms with van der Waals surface area (Å²) in [6.45, 7) is 0. The second-order valence-electron chi connectivity index (χ2n) is 5.35. The summed E-state index contributed by atoms with van der Waals surface area (Å²) in [5.74, 6) is 0.0745. The number of rotatable bonds is 2. The van der Waals surface area contributed by atoms with Gasteiger partial charge in [0.05, 0.1) is 6.33 Å². The number of carbonyl (C=O) groups is 1. The molecular formula is C19H14N2O. The average molecular weight is 286 g/mol. The SMILES string of the molecule is O=C1/C(=C/n2ccnc2)C(c2ccccc2)c2ccccc21. The van der Waals surface area contributed by atoms with Crippen molar-refractivity contribution >= 4 is 12.0 Å². The van der Waals surface area contributed by atoms with Gasteiger partial charge >= 0.3 is 0 Å². The molecule has 4 rings (SSSR count). The van der Waals surface area contributed by atoms with Crippen LogP contribution in [0.2, 0.25) is 0 Å². The largest absolute Gasteiger partial charge is 0.313 e. The highest BCUT2D eigenvalue weighted by Crippen LogP contribution is 2.42. The fraction of sp³-hybridized carbons (Fsp3) is 0.0526. The van der Waals surface area contributed by atoms with Crippen LogP contribution in [-0.4, -0.2) is 15.3 Å². The Balaban J connectivity index is 1.92. The first-order valence-corrected chi connectivity index (χ1v) is 7.22. The van der Waals surface area contributed by atoms with Gasteiger partial charge in [0.1, 0.15) is 0 Å². The van der Waals surface area contributed by atoms with Crippen LogP contribution < -0.4 is 0 Å². The van der Waals surface area contributed by atoms with E-state index in [-0.39, 0.29) is 11.7 Å². The molecule has 0 aliphatic heterocycles. The summed E-state index contributed by atoms with van der Waals surface area (Å²) in [7, 11) is 0. The van der Waals surface area contributed by atoms with E-state index in [9.17, 15) is 4.79 Å². The Morgan fingerprint density at radius 1 is 1.00 bits per heavy atom. The van der Waals surface area contributed by atoms with Gasteiger partial charge in [-0.25, -0.2) is 4.98 Å². The van der Waals surface area contributed by atoms with E-state index in [2.05, 4.69) is 17.1 Å². The molecule has 0 radical (unpaired) electrons. The first-order chi connectivity index (χ1) is 10.8. The van der Waals surface area contributed by atoms with Gasteiger partial charge in [-0.05, 0) is 11.1 Å². The highest BCUT2D eigenvalue weighted by atomic mass is 16.1. The van der Waals surface area contributed by atoms with Crippen molar-refractivity contribution < 1.29 is 4.79 Å². The van der Waals surface area contributed by atoms with Gasteiger partial charge in [0.2, 0.25) is 0 Å². The number of ketones is 1. The molecule has 0 fully saturated rings. The van der Waals surface area contributed by atoms with Gasteiger partial charge in [-0.15, -0.1) is 0 Å². The van der Waals surface area contributed by atoms with E-state index in [4.69, 9.17) is 0 Å². The van der Waals surface area contributed by atoms with Crippen LogP contribution in [0.15, 0.2) is 78.9 Å². The molecule has 1 atom stereocenters. The van der Waals surface area contributed by atoms with E-state index in [1.807, 2.05) is 59.4 Å². The van der Waals surface area contributed by atoms with Gasteiger partial charge in [-0.1, -0.05) is 54.6 Å². The number of carbonyl (C=O) groups excluding carboxylic acids is 1. The van der Waals surface area contributed by atoms with E-state index >= 15 is 0 Å². The minimum absolute atomic E-state index is 0.0210. The molecule has 2 aromatic carbocycles. The molecule has 3 nitrogen and oxygen atoms in total. The van der Waals surface area contributed by atoms with Crippen LogP contribution in [0.25, 0.3) is 6.20 Å². The first-order valence-electron chi connectivity index (χ1n) is 7.22. The summed E-state index contributed by atoms with van der Waals surface area (Å²) in [6, 6.07) is 18.0. The second kappa shape index (κ2) is 5.11. The number of aromatic nitrogens is 2. The van der Waals surface area contributed by atoms with Gasteiger partial charge in [-0.2, -0.15) is 0 Å². The molecule has 106 valence electrons. The molecule has 1 aromatic heterocycles. The smallest absolute Gasteiger partial charge is 0.191 e. The molecule has 1 aliphatic rings. The number of Topliss-reactive ketones (excluding diaryl/α,β-unsaturated/α-hetero) is 1. The Labute approximate surface area is 128 Å². The second-order valence-corrected chi connectivity index (χ2v) is 5.35. The Morgan fingerprint density at radius 3 is 2.55 bits per heavy atom. The van der Waals surface area contributed by atoms with Gasteiger partial charge in [0.25, 0.3) is 0 Å². The van der Waals surface area contributed by atoms with Crippen molar-refractivity contribution in [3.8, 4) is 0 Å². The van der Waals surface area contributed by atoms with Crippen molar-refractivity contribution in [1.29, 1.82) is 0 Å². The minimum atomic E-state index is -0.0210. The highest BCUT2D eigenvalue weighted by Gasteiger charge is 2.35. The van der Waals surface area contributed by atoms with Crippen LogP contribution >= 0.6 is 0 Å². The molecule has 1 aliphatic carbocycles. The van der Waals surface area contributed by atoms with Crippen LogP contribution in [0.3, 0.4) is 0 Å². The predicted octanol–water partition coefficient (Wildman–Crippen LogP) is 3.75. The molecule has 0 spiro atoms.